The molecule has 2 atom stereocenters. The van der Waals surface area contributed by atoms with E-state index in [1.54, 1.807) is 6.92 Å². The standard InChI is InChI=1S/C17H20F3NO4/c1-11(13-4-2-3-5-14(13)17(18,19)20)8-15(22)21-6-7-25-12(10-21)9-16(23)24/h2-5,11-12H,6-10H2,1H3,(H,23,24)/t11-,12-/m1/s1. The maximum absolute atomic E-state index is 13.1. The van der Waals surface area contributed by atoms with E-state index in [2.05, 4.69) is 0 Å². The Balaban J connectivity index is 2.04. The maximum Gasteiger partial charge on any atom is 0.416 e. The number of amides is 1. The van der Waals surface area contributed by atoms with Crippen molar-refractivity contribution >= 4 is 11.9 Å². The molecule has 1 heterocycles. The van der Waals surface area contributed by atoms with E-state index < -0.39 is 29.7 Å². The Labute approximate surface area is 143 Å². The molecule has 0 aromatic heterocycles. The van der Waals surface area contributed by atoms with Crippen molar-refractivity contribution < 1.29 is 32.6 Å². The first-order valence-electron chi connectivity index (χ1n) is 7.95. The summed E-state index contributed by atoms with van der Waals surface area (Å²) in [4.78, 5) is 24.6. The van der Waals surface area contributed by atoms with Crippen LogP contribution < -0.4 is 0 Å². The number of carbonyl (C=O) groups is 2. The highest BCUT2D eigenvalue weighted by molar-refractivity contribution is 5.77. The van der Waals surface area contributed by atoms with E-state index in [0.29, 0.717) is 6.54 Å². The van der Waals surface area contributed by atoms with Gasteiger partial charge in [0.25, 0.3) is 0 Å². The molecular weight excluding hydrogens is 339 g/mol. The molecule has 0 aliphatic carbocycles. The van der Waals surface area contributed by atoms with Gasteiger partial charge in [-0.2, -0.15) is 13.2 Å². The van der Waals surface area contributed by atoms with Gasteiger partial charge in [0, 0.05) is 19.5 Å². The number of carboxylic acid groups (broad SMARTS) is 1. The van der Waals surface area contributed by atoms with Crippen molar-refractivity contribution in [3.05, 3.63) is 35.4 Å². The zero-order chi connectivity index (χ0) is 18.6. The van der Waals surface area contributed by atoms with Crippen LogP contribution in [0.2, 0.25) is 0 Å². The van der Waals surface area contributed by atoms with Crippen LogP contribution in [0.5, 0.6) is 0 Å². The molecular formula is C17H20F3NO4. The van der Waals surface area contributed by atoms with Crippen LogP contribution in [0.15, 0.2) is 24.3 Å². The second-order valence-electron chi connectivity index (χ2n) is 6.12. The van der Waals surface area contributed by atoms with Crippen molar-refractivity contribution in [1.82, 2.24) is 4.90 Å². The van der Waals surface area contributed by atoms with Gasteiger partial charge >= 0.3 is 12.1 Å². The highest BCUT2D eigenvalue weighted by atomic mass is 19.4. The summed E-state index contributed by atoms with van der Waals surface area (Å²) < 4.78 is 44.6. The van der Waals surface area contributed by atoms with Crippen LogP contribution in [-0.2, 0) is 20.5 Å². The van der Waals surface area contributed by atoms with Crippen LogP contribution in [0.25, 0.3) is 0 Å². The van der Waals surface area contributed by atoms with Crippen molar-refractivity contribution in [2.24, 2.45) is 0 Å². The molecule has 0 spiro atoms. The van der Waals surface area contributed by atoms with Gasteiger partial charge in [-0.3, -0.25) is 9.59 Å². The number of hydrogen-bond acceptors (Lipinski definition) is 3. The van der Waals surface area contributed by atoms with Crippen LogP contribution in [-0.4, -0.2) is 47.7 Å². The topological polar surface area (TPSA) is 66.8 Å². The molecule has 1 aromatic carbocycles. The molecule has 0 unspecified atom stereocenters. The lowest BCUT2D eigenvalue weighted by Gasteiger charge is -2.33. The highest BCUT2D eigenvalue weighted by Crippen LogP contribution is 2.36. The minimum atomic E-state index is -4.47. The number of carbonyl (C=O) groups excluding carboxylic acids is 1. The molecule has 1 aromatic rings. The van der Waals surface area contributed by atoms with Crippen molar-refractivity contribution in [2.45, 2.75) is 38.0 Å². The predicted molar refractivity (Wildman–Crippen MR) is 83.0 cm³/mol. The number of rotatable bonds is 5. The fourth-order valence-electron chi connectivity index (χ4n) is 2.95. The maximum atomic E-state index is 13.1. The monoisotopic (exact) mass is 359 g/mol. The number of aliphatic carboxylic acids is 1. The van der Waals surface area contributed by atoms with Gasteiger partial charge in [-0.25, -0.2) is 0 Å². The number of nitrogens with zero attached hydrogens (tertiary/aromatic N) is 1. The SMILES string of the molecule is C[C@H](CC(=O)N1CCO[C@H](CC(=O)O)C1)c1ccccc1C(F)(F)F. The quantitative estimate of drug-likeness (QED) is 0.878. The molecule has 25 heavy (non-hydrogen) atoms. The third kappa shape index (κ3) is 5.19. The summed E-state index contributed by atoms with van der Waals surface area (Å²) in [6, 6.07) is 5.23. The first kappa shape index (κ1) is 19.2. The fourth-order valence-corrected chi connectivity index (χ4v) is 2.95. The Bertz CT molecular complexity index is 633. The number of carboxylic acids is 1. The Hall–Kier alpha value is -2.09. The fraction of sp³-hybridized carbons (Fsp3) is 0.529. The summed E-state index contributed by atoms with van der Waals surface area (Å²) >= 11 is 0. The molecule has 1 saturated heterocycles. The second-order valence-corrected chi connectivity index (χ2v) is 6.12. The molecule has 1 N–H and O–H groups in total. The lowest BCUT2D eigenvalue weighted by atomic mass is 9.92. The van der Waals surface area contributed by atoms with Crippen LogP contribution >= 0.6 is 0 Å². The van der Waals surface area contributed by atoms with E-state index in [4.69, 9.17) is 9.84 Å². The number of halogens is 3. The zero-order valence-corrected chi connectivity index (χ0v) is 13.8. The van der Waals surface area contributed by atoms with Crippen LogP contribution in [0, 0.1) is 0 Å². The molecule has 1 aliphatic rings. The Kier molecular flexibility index (Phi) is 6.05. The highest BCUT2D eigenvalue weighted by Gasteiger charge is 2.35. The van der Waals surface area contributed by atoms with Crippen molar-refractivity contribution in [1.29, 1.82) is 0 Å². The summed E-state index contributed by atoms with van der Waals surface area (Å²) in [5, 5.41) is 8.80. The van der Waals surface area contributed by atoms with Crippen LogP contribution in [0.4, 0.5) is 13.2 Å². The van der Waals surface area contributed by atoms with E-state index >= 15 is 0 Å². The van der Waals surface area contributed by atoms with Crippen molar-refractivity contribution in [3.8, 4) is 0 Å². The van der Waals surface area contributed by atoms with Crippen LogP contribution in [0.3, 0.4) is 0 Å². The molecule has 138 valence electrons. The van der Waals surface area contributed by atoms with Gasteiger partial charge < -0.3 is 14.7 Å². The largest absolute Gasteiger partial charge is 0.481 e. The molecule has 0 radical (unpaired) electrons. The molecule has 1 amide bonds. The average molecular weight is 359 g/mol. The van der Waals surface area contributed by atoms with Crippen molar-refractivity contribution in [2.75, 3.05) is 19.7 Å². The zero-order valence-electron chi connectivity index (χ0n) is 13.8. The third-order valence-electron chi connectivity index (χ3n) is 4.17. The summed E-state index contributed by atoms with van der Waals surface area (Å²) in [6.07, 6.45) is -5.35. The van der Waals surface area contributed by atoms with Gasteiger partial charge in [-0.1, -0.05) is 25.1 Å². The lowest BCUT2D eigenvalue weighted by Crippen LogP contribution is -2.46. The van der Waals surface area contributed by atoms with E-state index in [1.807, 2.05) is 0 Å². The lowest BCUT2D eigenvalue weighted by molar-refractivity contribution is -0.147. The normalized spacial score (nSPS) is 19.5. The molecule has 1 aliphatic heterocycles. The summed E-state index contributed by atoms with van der Waals surface area (Å²) in [7, 11) is 0. The Morgan fingerprint density at radius 1 is 1.36 bits per heavy atom. The predicted octanol–water partition coefficient (Wildman–Crippen LogP) is 2.90. The molecule has 2 rings (SSSR count). The van der Waals surface area contributed by atoms with Gasteiger partial charge in [0.05, 0.1) is 24.7 Å². The van der Waals surface area contributed by atoms with E-state index in [-0.39, 0.29) is 37.5 Å². The van der Waals surface area contributed by atoms with Gasteiger partial charge in [0.1, 0.15) is 0 Å². The minimum Gasteiger partial charge on any atom is -0.481 e. The summed E-state index contributed by atoms with van der Waals surface area (Å²) in [5.74, 6) is -1.93. The van der Waals surface area contributed by atoms with Gasteiger partial charge in [-0.15, -0.1) is 0 Å². The molecule has 0 bridgehead atoms. The first-order chi connectivity index (χ1) is 11.7. The average Bonchev–Trinajstić information content (AvgIpc) is 2.53. The number of hydrogen-bond donors (Lipinski definition) is 1. The smallest absolute Gasteiger partial charge is 0.416 e. The van der Waals surface area contributed by atoms with E-state index in [0.717, 1.165) is 6.07 Å². The van der Waals surface area contributed by atoms with Crippen LogP contribution in [0.1, 0.15) is 36.8 Å². The number of morpholine rings is 1. The van der Waals surface area contributed by atoms with Gasteiger partial charge in [0.15, 0.2) is 0 Å². The third-order valence-corrected chi connectivity index (χ3v) is 4.17. The van der Waals surface area contributed by atoms with Gasteiger partial charge in [-0.05, 0) is 17.5 Å². The number of ether oxygens (including phenoxy) is 1. The molecule has 5 nitrogen and oxygen atoms in total. The van der Waals surface area contributed by atoms with Gasteiger partial charge in [0.2, 0.25) is 5.91 Å². The Morgan fingerprint density at radius 2 is 2.04 bits per heavy atom. The summed E-state index contributed by atoms with van der Waals surface area (Å²) in [5.41, 5.74) is -0.653. The molecule has 8 heteroatoms. The van der Waals surface area contributed by atoms with Crippen molar-refractivity contribution in [3.63, 3.8) is 0 Å². The number of alkyl halides is 3. The second kappa shape index (κ2) is 7.86. The summed E-state index contributed by atoms with van der Waals surface area (Å²) in [6.45, 7) is 2.25. The van der Waals surface area contributed by atoms with E-state index in [1.165, 1.54) is 23.1 Å². The number of benzene rings is 1. The first-order valence-corrected chi connectivity index (χ1v) is 7.95. The molecule has 0 saturated carbocycles. The van der Waals surface area contributed by atoms with E-state index in [9.17, 15) is 22.8 Å². The minimum absolute atomic E-state index is 0.0765. The molecule has 1 fully saturated rings. The Morgan fingerprint density at radius 3 is 2.68 bits per heavy atom.